The van der Waals surface area contributed by atoms with Gasteiger partial charge in [0.2, 0.25) is 5.95 Å². The first-order valence-corrected chi connectivity index (χ1v) is 4.90. The lowest BCUT2D eigenvalue weighted by atomic mass is 9.89. The molecular weight excluding hydrogens is 182 g/mol. The number of hydrogen-bond acceptors (Lipinski definition) is 5. The zero-order valence-corrected chi connectivity index (χ0v) is 8.47. The quantitative estimate of drug-likeness (QED) is 0.746. The summed E-state index contributed by atoms with van der Waals surface area (Å²) in [5.41, 5.74) is 0. The summed E-state index contributed by atoms with van der Waals surface area (Å²) in [6, 6.07) is 0.455. The molecule has 0 atom stereocenters. The van der Waals surface area contributed by atoms with Crippen LogP contribution in [0.15, 0.2) is 0 Å². The van der Waals surface area contributed by atoms with Crippen LogP contribution in [0.3, 0.4) is 0 Å². The second-order valence-corrected chi connectivity index (χ2v) is 3.52. The maximum Gasteiger partial charge on any atom is 0.242 e. The predicted octanol–water partition coefficient (Wildman–Crippen LogP) is 0.189. The first-order valence-electron chi connectivity index (χ1n) is 4.90. The number of nitrogens with one attached hydrogen (secondary N) is 1. The highest BCUT2D eigenvalue weighted by Gasteiger charge is 2.30. The number of hydrogen-bond donors (Lipinski definition) is 1. The van der Waals surface area contributed by atoms with Crippen LogP contribution in [-0.2, 0) is 11.8 Å². The van der Waals surface area contributed by atoms with Crippen molar-refractivity contribution in [1.82, 2.24) is 20.2 Å². The topological polar surface area (TPSA) is 64.9 Å². The molecule has 0 amide bonds. The van der Waals surface area contributed by atoms with Crippen molar-refractivity contribution in [3.8, 4) is 0 Å². The molecular formula is C8H15N5O. The van der Waals surface area contributed by atoms with Gasteiger partial charge in [-0.15, -0.1) is 0 Å². The van der Waals surface area contributed by atoms with Gasteiger partial charge in [-0.05, 0) is 30.2 Å². The van der Waals surface area contributed by atoms with Gasteiger partial charge in [-0.3, -0.25) is 0 Å². The largest absolute Gasteiger partial charge is 0.378 e. The summed E-state index contributed by atoms with van der Waals surface area (Å²) in [4.78, 5) is 0. The van der Waals surface area contributed by atoms with Crippen LogP contribution in [0, 0.1) is 0 Å². The molecule has 6 heteroatoms. The third-order valence-corrected chi connectivity index (χ3v) is 2.45. The number of aromatic nitrogens is 4. The van der Waals surface area contributed by atoms with Gasteiger partial charge < -0.3 is 10.1 Å². The molecule has 0 bridgehead atoms. The Morgan fingerprint density at radius 2 is 2.36 bits per heavy atom. The van der Waals surface area contributed by atoms with Gasteiger partial charge in [0.25, 0.3) is 0 Å². The van der Waals surface area contributed by atoms with Crippen molar-refractivity contribution in [2.24, 2.45) is 7.05 Å². The van der Waals surface area contributed by atoms with Crippen molar-refractivity contribution in [3.05, 3.63) is 0 Å². The van der Waals surface area contributed by atoms with E-state index in [1.165, 1.54) is 0 Å². The number of rotatable bonds is 4. The van der Waals surface area contributed by atoms with Crippen LogP contribution in [-0.4, -0.2) is 39.0 Å². The zero-order chi connectivity index (χ0) is 9.97. The van der Waals surface area contributed by atoms with Crippen molar-refractivity contribution in [2.45, 2.75) is 31.9 Å². The van der Waals surface area contributed by atoms with E-state index in [1.54, 1.807) is 4.68 Å². The maximum absolute atomic E-state index is 5.46. The maximum atomic E-state index is 5.46. The molecule has 0 unspecified atom stereocenters. The van der Waals surface area contributed by atoms with E-state index in [0.717, 1.165) is 25.4 Å². The summed E-state index contributed by atoms with van der Waals surface area (Å²) in [6.07, 6.45) is 2.50. The molecule has 1 N–H and O–H groups in total. The fraction of sp³-hybridized carbons (Fsp3) is 0.875. The number of nitrogens with zero attached hydrogens (tertiary/aromatic N) is 4. The number of aryl methyl sites for hydroxylation is 1. The molecule has 1 aromatic heterocycles. The Morgan fingerprint density at radius 1 is 1.57 bits per heavy atom. The van der Waals surface area contributed by atoms with Gasteiger partial charge in [0.1, 0.15) is 0 Å². The molecule has 0 saturated heterocycles. The molecule has 1 aliphatic carbocycles. The second kappa shape index (κ2) is 3.91. The SMILES string of the molecule is CCOC1CC(Nc2nnnn2C)C1. The molecule has 1 saturated carbocycles. The van der Waals surface area contributed by atoms with Crippen molar-refractivity contribution >= 4 is 5.95 Å². The van der Waals surface area contributed by atoms with Gasteiger partial charge in [-0.25, -0.2) is 4.68 Å². The Balaban J connectivity index is 1.77. The fourth-order valence-electron chi connectivity index (χ4n) is 1.59. The van der Waals surface area contributed by atoms with Crippen LogP contribution >= 0.6 is 0 Å². The summed E-state index contributed by atoms with van der Waals surface area (Å²) in [5.74, 6) is 0.727. The van der Waals surface area contributed by atoms with Crippen LogP contribution < -0.4 is 5.32 Å². The summed E-state index contributed by atoms with van der Waals surface area (Å²) in [5, 5.41) is 14.4. The molecule has 6 nitrogen and oxygen atoms in total. The summed E-state index contributed by atoms with van der Waals surface area (Å²) < 4.78 is 7.09. The van der Waals surface area contributed by atoms with Gasteiger partial charge in [0.05, 0.1) is 6.10 Å². The average molecular weight is 197 g/mol. The molecule has 1 aliphatic rings. The Labute approximate surface area is 82.6 Å². The first-order chi connectivity index (χ1) is 6.79. The van der Waals surface area contributed by atoms with Gasteiger partial charge >= 0.3 is 0 Å². The third kappa shape index (κ3) is 1.84. The average Bonchev–Trinajstić information content (AvgIpc) is 2.48. The molecule has 14 heavy (non-hydrogen) atoms. The van der Waals surface area contributed by atoms with Crippen LogP contribution in [0.5, 0.6) is 0 Å². The van der Waals surface area contributed by atoms with Crippen molar-refractivity contribution in [2.75, 3.05) is 11.9 Å². The van der Waals surface area contributed by atoms with Crippen LogP contribution in [0.4, 0.5) is 5.95 Å². The monoisotopic (exact) mass is 197 g/mol. The highest BCUT2D eigenvalue weighted by Crippen LogP contribution is 2.25. The smallest absolute Gasteiger partial charge is 0.242 e. The minimum Gasteiger partial charge on any atom is -0.378 e. The van der Waals surface area contributed by atoms with Gasteiger partial charge in [0.15, 0.2) is 0 Å². The van der Waals surface area contributed by atoms with E-state index >= 15 is 0 Å². The Kier molecular flexibility index (Phi) is 2.62. The van der Waals surface area contributed by atoms with E-state index in [9.17, 15) is 0 Å². The van der Waals surface area contributed by atoms with Gasteiger partial charge in [-0.1, -0.05) is 5.10 Å². The van der Waals surface area contributed by atoms with E-state index in [4.69, 9.17) is 4.74 Å². The van der Waals surface area contributed by atoms with E-state index in [0.29, 0.717) is 12.1 Å². The molecule has 1 aromatic rings. The van der Waals surface area contributed by atoms with E-state index in [1.807, 2.05) is 14.0 Å². The summed E-state index contributed by atoms with van der Waals surface area (Å²) in [7, 11) is 1.82. The molecule has 1 heterocycles. The first kappa shape index (κ1) is 9.39. The normalized spacial score (nSPS) is 25.9. The molecule has 1 fully saturated rings. The lowest BCUT2D eigenvalue weighted by Crippen LogP contribution is -2.41. The Hall–Kier alpha value is -1.17. The fourth-order valence-corrected chi connectivity index (χ4v) is 1.59. The lowest BCUT2D eigenvalue weighted by Gasteiger charge is -2.35. The van der Waals surface area contributed by atoms with Crippen molar-refractivity contribution in [3.63, 3.8) is 0 Å². The standard InChI is InChI=1S/C8H15N5O/c1-3-14-7-4-6(5-7)9-8-10-11-12-13(8)2/h6-7H,3-5H2,1-2H3,(H,9,10,12). The molecule has 0 spiro atoms. The molecule has 0 aromatic carbocycles. The Morgan fingerprint density at radius 3 is 2.93 bits per heavy atom. The van der Waals surface area contributed by atoms with Crippen LogP contribution in [0.2, 0.25) is 0 Å². The predicted molar refractivity (Wildman–Crippen MR) is 50.9 cm³/mol. The van der Waals surface area contributed by atoms with Crippen molar-refractivity contribution < 1.29 is 4.74 Å². The number of anilines is 1. The molecule has 2 rings (SSSR count). The van der Waals surface area contributed by atoms with Crippen molar-refractivity contribution in [1.29, 1.82) is 0 Å². The van der Waals surface area contributed by atoms with E-state index in [2.05, 4.69) is 20.8 Å². The van der Waals surface area contributed by atoms with Gasteiger partial charge in [-0.2, -0.15) is 0 Å². The highest BCUT2D eigenvalue weighted by molar-refractivity contribution is 5.24. The zero-order valence-electron chi connectivity index (χ0n) is 8.47. The third-order valence-electron chi connectivity index (χ3n) is 2.45. The molecule has 78 valence electrons. The van der Waals surface area contributed by atoms with E-state index in [-0.39, 0.29) is 0 Å². The molecule has 0 aliphatic heterocycles. The van der Waals surface area contributed by atoms with E-state index < -0.39 is 0 Å². The number of ether oxygens (including phenoxy) is 1. The summed E-state index contributed by atoms with van der Waals surface area (Å²) in [6.45, 7) is 2.82. The lowest BCUT2D eigenvalue weighted by molar-refractivity contribution is 0.00279. The van der Waals surface area contributed by atoms with Crippen LogP contribution in [0.1, 0.15) is 19.8 Å². The molecule has 0 radical (unpaired) electrons. The number of tetrazole rings is 1. The van der Waals surface area contributed by atoms with Crippen LogP contribution in [0.25, 0.3) is 0 Å². The minimum atomic E-state index is 0.415. The summed E-state index contributed by atoms with van der Waals surface area (Å²) >= 11 is 0. The second-order valence-electron chi connectivity index (χ2n) is 3.52. The van der Waals surface area contributed by atoms with Gasteiger partial charge in [0, 0.05) is 19.7 Å². The minimum absolute atomic E-state index is 0.415. The Bertz CT molecular complexity index is 294. The highest BCUT2D eigenvalue weighted by atomic mass is 16.5.